The zero-order chi connectivity index (χ0) is 17.4. The maximum Gasteiger partial charge on any atom is 0.261 e. The minimum Gasteiger partial charge on any atom is -0.481 e. The summed E-state index contributed by atoms with van der Waals surface area (Å²) in [7, 11) is 0. The van der Waals surface area contributed by atoms with E-state index in [1.54, 1.807) is 0 Å². The lowest BCUT2D eigenvalue weighted by Gasteiger charge is -2.17. The summed E-state index contributed by atoms with van der Waals surface area (Å²) < 4.78 is 5.81. The number of aryl methyl sites for hydroxylation is 2. The third kappa shape index (κ3) is 5.57. The molecule has 0 aliphatic carbocycles. The molecule has 4 heteroatoms. The molecule has 0 saturated heterocycles. The molecule has 2 rings (SSSR count). The highest BCUT2D eigenvalue weighted by Gasteiger charge is 2.17. The van der Waals surface area contributed by atoms with Crippen LogP contribution in [0, 0.1) is 6.92 Å². The number of amides is 1. The first-order valence-corrected chi connectivity index (χ1v) is 8.72. The lowest BCUT2D eigenvalue weighted by molar-refractivity contribution is -0.128. The minimum absolute atomic E-state index is 0.0711. The van der Waals surface area contributed by atoms with Crippen molar-refractivity contribution in [2.45, 2.75) is 39.2 Å². The summed E-state index contributed by atoms with van der Waals surface area (Å²) in [4.78, 5) is 12.3. The van der Waals surface area contributed by atoms with Crippen molar-refractivity contribution < 1.29 is 9.53 Å². The highest BCUT2D eigenvalue weighted by Crippen LogP contribution is 2.17. The molecule has 0 unspecified atom stereocenters. The number of carbonyl (C=O) groups is 1. The van der Waals surface area contributed by atoms with E-state index in [-0.39, 0.29) is 5.91 Å². The van der Waals surface area contributed by atoms with E-state index in [0.29, 0.717) is 13.0 Å². The van der Waals surface area contributed by atoms with Gasteiger partial charge in [-0.2, -0.15) is 0 Å². The van der Waals surface area contributed by atoms with Crippen molar-refractivity contribution in [1.82, 2.24) is 5.32 Å². The van der Waals surface area contributed by atoms with Gasteiger partial charge in [-0.15, -0.1) is 0 Å². The predicted molar refractivity (Wildman–Crippen MR) is 98.7 cm³/mol. The topological polar surface area (TPSA) is 38.3 Å². The summed E-state index contributed by atoms with van der Waals surface area (Å²) in [6.45, 7) is 4.56. The van der Waals surface area contributed by atoms with Gasteiger partial charge in [0, 0.05) is 11.6 Å². The molecule has 0 saturated carbocycles. The van der Waals surface area contributed by atoms with Gasteiger partial charge in [-0.25, -0.2) is 0 Å². The molecular weight excluding hydrogens is 322 g/mol. The van der Waals surface area contributed by atoms with Crippen molar-refractivity contribution in [3.63, 3.8) is 0 Å². The molecule has 2 aromatic rings. The van der Waals surface area contributed by atoms with Crippen molar-refractivity contribution in [3.05, 3.63) is 64.7 Å². The number of ether oxygens (including phenoxy) is 1. The maximum atomic E-state index is 12.3. The van der Waals surface area contributed by atoms with E-state index in [4.69, 9.17) is 16.3 Å². The number of carbonyl (C=O) groups excluding carboxylic acids is 1. The van der Waals surface area contributed by atoms with E-state index < -0.39 is 6.10 Å². The molecule has 0 fully saturated rings. The van der Waals surface area contributed by atoms with Gasteiger partial charge in [-0.3, -0.25) is 4.79 Å². The van der Waals surface area contributed by atoms with E-state index in [0.717, 1.165) is 34.7 Å². The van der Waals surface area contributed by atoms with E-state index in [2.05, 4.69) is 5.32 Å². The quantitative estimate of drug-likeness (QED) is 0.712. The third-order valence-corrected chi connectivity index (χ3v) is 4.18. The average molecular weight is 346 g/mol. The Kier molecular flexibility index (Phi) is 7.13. The lowest BCUT2D eigenvalue weighted by atomic mass is 10.1. The lowest BCUT2D eigenvalue weighted by Crippen LogP contribution is -2.38. The van der Waals surface area contributed by atoms with Crippen LogP contribution in [0.3, 0.4) is 0 Å². The molecule has 128 valence electrons. The first kappa shape index (κ1) is 18.3. The molecule has 1 amide bonds. The van der Waals surface area contributed by atoms with E-state index in [1.165, 1.54) is 0 Å². The third-order valence-electron chi connectivity index (χ3n) is 3.81. The number of rotatable bonds is 8. The largest absolute Gasteiger partial charge is 0.481 e. The Morgan fingerprint density at radius 2 is 2.00 bits per heavy atom. The first-order valence-electron chi connectivity index (χ1n) is 8.34. The summed E-state index contributed by atoms with van der Waals surface area (Å²) in [6, 6.07) is 15.5. The number of hydrogen-bond acceptors (Lipinski definition) is 2. The fourth-order valence-electron chi connectivity index (χ4n) is 2.48. The monoisotopic (exact) mass is 345 g/mol. The van der Waals surface area contributed by atoms with Gasteiger partial charge in [0.25, 0.3) is 5.91 Å². The van der Waals surface area contributed by atoms with Crippen LogP contribution in [0.5, 0.6) is 5.75 Å². The van der Waals surface area contributed by atoms with Crippen LogP contribution in [0.2, 0.25) is 5.02 Å². The smallest absolute Gasteiger partial charge is 0.261 e. The van der Waals surface area contributed by atoms with Gasteiger partial charge in [0.15, 0.2) is 6.10 Å². The molecule has 0 radical (unpaired) electrons. The fourth-order valence-corrected chi connectivity index (χ4v) is 2.71. The Balaban J connectivity index is 1.78. The zero-order valence-electron chi connectivity index (χ0n) is 14.2. The Morgan fingerprint density at radius 3 is 2.71 bits per heavy atom. The van der Waals surface area contributed by atoms with Gasteiger partial charge in [-0.05, 0) is 55.5 Å². The zero-order valence-corrected chi connectivity index (χ0v) is 15.0. The molecule has 0 bridgehead atoms. The van der Waals surface area contributed by atoms with Gasteiger partial charge in [0.1, 0.15) is 5.75 Å². The summed E-state index contributed by atoms with van der Waals surface area (Å²) in [5.41, 5.74) is 2.22. The van der Waals surface area contributed by atoms with Gasteiger partial charge in [0.05, 0.1) is 0 Å². The minimum atomic E-state index is -0.466. The molecule has 24 heavy (non-hydrogen) atoms. The Bertz CT molecular complexity index is 672. The van der Waals surface area contributed by atoms with E-state index >= 15 is 0 Å². The van der Waals surface area contributed by atoms with Crippen molar-refractivity contribution in [2.24, 2.45) is 0 Å². The highest BCUT2D eigenvalue weighted by molar-refractivity contribution is 6.31. The Hall–Kier alpha value is -2.00. The van der Waals surface area contributed by atoms with Gasteiger partial charge in [0.2, 0.25) is 0 Å². The second kappa shape index (κ2) is 9.33. The molecule has 3 nitrogen and oxygen atoms in total. The first-order chi connectivity index (χ1) is 11.6. The highest BCUT2D eigenvalue weighted by atomic mass is 35.5. The van der Waals surface area contributed by atoms with Crippen molar-refractivity contribution in [1.29, 1.82) is 0 Å². The molecule has 0 aliphatic heterocycles. The Labute approximate surface area is 149 Å². The van der Waals surface area contributed by atoms with Crippen LogP contribution in [0.25, 0.3) is 0 Å². The van der Waals surface area contributed by atoms with Crippen LogP contribution >= 0.6 is 11.6 Å². The van der Waals surface area contributed by atoms with Gasteiger partial charge in [-0.1, -0.05) is 48.9 Å². The SMILES string of the molecule is CC[C@@H](Oc1cccc(C)c1)C(=O)NCCCc1ccccc1Cl. The summed E-state index contributed by atoms with van der Waals surface area (Å²) in [5, 5.41) is 3.73. The number of nitrogens with one attached hydrogen (secondary N) is 1. The standard InChI is InChI=1S/C20H24ClNO2/c1-3-19(24-17-11-6-8-15(2)14-17)20(23)22-13-7-10-16-9-4-5-12-18(16)21/h4-6,8-9,11-12,14,19H,3,7,10,13H2,1-2H3,(H,22,23)/t19-/m1/s1. The van der Waals surface area contributed by atoms with E-state index in [9.17, 15) is 4.79 Å². The number of benzene rings is 2. The van der Waals surface area contributed by atoms with Crippen molar-refractivity contribution >= 4 is 17.5 Å². The van der Waals surface area contributed by atoms with Crippen LogP contribution in [0.1, 0.15) is 30.9 Å². The van der Waals surface area contributed by atoms with Crippen LogP contribution in [-0.2, 0) is 11.2 Å². The molecule has 1 N–H and O–H groups in total. The molecule has 2 aromatic carbocycles. The molecule has 0 spiro atoms. The van der Waals surface area contributed by atoms with Crippen molar-refractivity contribution in [3.8, 4) is 5.75 Å². The second-order valence-electron chi connectivity index (χ2n) is 5.82. The number of hydrogen-bond donors (Lipinski definition) is 1. The van der Waals surface area contributed by atoms with Crippen LogP contribution in [0.15, 0.2) is 48.5 Å². The summed E-state index contributed by atoms with van der Waals surface area (Å²) in [6.07, 6.45) is 1.85. The molecular formula is C20H24ClNO2. The van der Waals surface area contributed by atoms with Gasteiger partial charge >= 0.3 is 0 Å². The molecule has 0 aromatic heterocycles. The van der Waals surface area contributed by atoms with Crippen molar-refractivity contribution in [2.75, 3.05) is 6.54 Å². The second-order valence-corrected chi connectivity index (χ2v) is 6.22. The molecule has 1 atom stereocenters. The molecule has 0 aliphatic rings. The summed E-state index contributed by atoms with van der Waals surface area (Å²) >= 11 is 6.13. The fraction of sp³-hybridized carbons (Fsp3) is 0.350. The van der Waals surface area contributed by atoms with E-state index in [1.807, 2.05) is 62.4 Å². The maximum absolute atomic E-state index is 12.3. The van der Waals surface area contributed by atoms with Crippen LogP contribution < -0.4 is 10.1 Å². The van der Waals surface area contributed by atoms with Crippen LogP contribution in [-0.4, -0.2) is 18.6 Å². The Morgan fingerprint density at radius 1 is 1.21 bits per heavy atom. The van der Waals surface area contributed by atoms with Gasteiger partial charge < -0.3 is 10.1 Å². The van der Waals surface area contributed by atoms with Crippen LogP contribution in [0.4, 0.5) is 0 Å². The number of halogens is 1. The summed E-state index contributed by atoms with van der Waals surface area (Å²) in [5.74, 6) is 0.659. The normalized spacial score (nSPS) is 11.8. The predicted octanol–water partition coefficient (Wildman–Crippen LogP) is 4.55. The molecule has 0 heterocycles. The average Bonchev–Trinajstić information content (AvgIpc) is 2.58.